The molecule has 0 spiro atoms. The molecule has 2 rings (SSSR count). The number of hydrogen-bond donors (Lipinski definition) is 2. The van der Waals surface area contributed by atoms with Crippen LogP contribution < -0.4 is 10.6 Å². The van der Waals surface area contributed by atoms with Gasteiger partial charge in [0.05, 0.1) is 11.6 Å². The zero-order valence-electron chi connectivity index (χ0n) is 10.5. The van der Waals surface area contributed by atoms with Gasteiger partial charge in [-0.05, 0) is 38.8 Å². The van der Waals surface area contributed by atoms with Crippen molar-refractivity contribution in [3.63, 3.8) is 0 Å². The molecule has 1 saturated carbocycles. The van der Waals surface area contributed by atoms with Gasteiger partial charge in [-0.25, -0.2) is 4.98 Å². The summed E-state index contributed by atoms with van der Waals surface area (Å²) in [7, 11) is 0. The number of hydrogen-bond acceptors (Lipinski definition) is 4. The van der Waals surface area contributed by atoms with E-state index in [0.29, 0.717) is 17.4 Å². The highest BCUT2D eigenvalue weighted by molar-refractivity contribution is 5.84. The summed E-state index contributed by atoms with van der Waals surface area (Å²) < 4.78 is 0. The highest BCUT2D eigenvalue weighted by Crippen LogP contribution is 2.19. The van der Waals surface area contributed by atoms with Crippen molar-refractivity contribution in [2.45, 2.75) is 38.8 Å². The van der Waals surface area contributed by atoms with E-state index in [-0.39, 0.29) is 11.9 Å². The van der Waals surface area contributed by atoms with Crippen LogP contribution in [-0.2, 0) is 4.79 Å². The van der Waals surface area contributed by atoms with Gasteiger partial charge in [-0.2, -0.15) is 5.26 Å². The summed E-state index contributed by atoms with van der Waals surface area (Å²) in [6.07, 6.45) is 2.14. The fourth-order valence-electron chi connectivity index (χ4n) is 1.65. The van der Waals surface area contributed by atoms with Crippen LogP contribution in [0.3, 0.4) is 0 Å². The van der Waals surface area contributed by atoms with Gasteiger partial charge in [-0.1, -0.05) is 0 Å². The van der Waals surface area contributed by atoms with Crippen molar-refractivity contribution in [1.82, 2.24) is 10.3 Å². The molecule has 0 radical (unpaired) electrons. The Hall–Kier alpha value is -2.09. The fourth-order valence-corrected chi connectivity index (χ4v) is 1.65. The van der Waals surface area contributed by atoms with Crippen LogP contribution in [0.2, 0.25) is 0 Å². The second-order valence-corrected chi connectivity index (χ2v) is 4.64. The monoisotopic (exact) mass is 244 g/mol. The van der Waals surface area contributed by atoms with Gasteiger partial charge in [0.15, 0.2) is 0 Å². The number of anilines is 1. The number of rotatable bonds is 4. The molecule has 2 N–H and O–H groups in total. The topological polar surface area (TPSA) is 77.8 Å². The lowest BCUT2D eigenvalue weighted by Gasteiger charge is -2.14. The van der Waals surface area contributed by atoms with E-state index in [4.69, 9.17) is 5.26 Å². The van der Waals surface area contributed by atoms with Crippen LogP contribution in [0.15, 0.2) is 12.1 Å². The molecule has 1 atom stereocenters. The number of aryl methyl sites for hydroxylation is 1. The Morgan fingerprint density at radius 2 is 2.28 bits per heavy atom. The summed E-state index contributed by atoms with van der Waals surface area (Å²) in [5.41, 5.74) is 1.30. The van der Waals surface area contributed by atoms with Crippen LogP contribution in [-0.4, -0.2) is 23.0 Å². The minimum atomic E-state index is -0.355. The van der Waals surface area contributed by atoms with Crippen molar-refractivity contribution in [2.24, 2.45) is 0 Å². The van der Waals surface area contributed by atoms with Gasteiger partial charge in [0.2, 0.25) is 5.91 Å². The molecule has 0 bridgehead atoms. The van der Waals surface area contributed by atoms with Crippen molar-refractivity contribution >= 4 is 11.7 Å². The van der Waals surface area contributed by atoms with Crippen LogP contribution >= 0.6 is 0 Å². The maximum absolute atomic E-state index is 11.8. The molecule has 1 aliphatic carbocycles. The van der Waals surface area contributed by atoms with Crippen molar-refractivity contribution in [1.29, 1.82) is 5.26 Å². The molecule has 1 aromatic heterocycles. The zero-order valence-corrected chi connectivity index (χ0v) is 10.5. The van der Waals surface area contributed by atoms with E-state index >= 15 is 0 Å². The molecular weight excluding hydrogens is 228 g/mol. The standard InChI is InChI=1S/C13H16N4O/c1-8-5-10(7-14)6-12(15-8)16-9(2)13(18)17-11-3-4-11/h5-6,9,11H,3-4H2,1-2H3,(H,15,16)(H,17,18). The molecule has 0 saturated heterocycles. The smallest absolute Gasteiger partial charge is 0.242 e. The quantitative estimate of drug-likeness (QED) is 0.837. The summed E-state index contributed by atoms with van der Waals surface area (Å²) in [5, 5.41) is 14.8. The normalized spacial score (nSPS) is 15.6. The van der Waals surface area contributed by atoms with Gasteiger partial charge in [0.25, 0.3) is 0 Å². The third kappa shape index (κ3) is 3.20. The Kier molecular flexibility index (Phi) is 3.47. The second-order valence-electron chi connectivity index (χ2n) is 4.64. The first-order valence-corrected chi connectivity index (χ1v) is 6.04. The van der Waals surface area contributed by atoms with Crippen molar-refractivity contribution in [3.05, 3.63) is 23.4 Å². The van der Waals surface area contributed by atoms with E-state index in [2.05, 4.69) is 21.7 Å². The first kappa shape index (κ1) is 12.4. The van der Waals surface area contributed by atoms with Crippen LogP contribution in [0.1, 0.15) is 31.0 Å². The molecule has 1 aliphatic rings. The Morgan fingerprint density at radius 3 is 2.89 bits per heavy atom. The van der Waals surface area contributed by atoms with Crippen LogP contribution in [0.5, 0.6) is 0 Å². The number of nitriles is 1. The Bertz CT molecular complexity index is 502. The number of aromatic nitrogens is 1. The minimum absolute atomic E-state index is 0.0284. The lowest BCUT2D eigenvalue weighted by atomic mass is 10.2. The lowest BCUT2D eigenvalue weighted by Crippen LogP contribution is -2.38. The predicted octanol–water partition coefficient (Wildman–Crippen LogP) is 1.34. The highest BCUT2D eigenvalue weighted by atomic mass is 16.2. The number of nitrogens with one attached hydrogen (secondary N) is 2. The minimum Gasteiger partial charge on any atom is -0.359 e. The molecule has 94 valence electrons. The molecule has 1 fully saturated rings. The Morgan fingerprint density at radius 1 is 1.56 bits per heavy atom. The molecule has 5 nitrogen and oxygen atoms in total. The van der Waals surface area contributed by atoms with Gasteiger partial charge in [0.1, 0.15) is 11.9 Å². The van der Waals surface area contributed by atoms with E-state index in [9.17, 15) is 4.79 Å². The van der Waals surface area contributed by atoms with Gasteiger partial charge in [-0.3, -0.25) is 4.79 Å². The van der Waals surface area contributed by atoms with E-state index in [1.807, 2.05) is 6.92 Å². The zero-order chi connectivity index (χ0) is 13.1. The summed E-state index contributed by atoms with van der Waals surface area (Å²) in [6.45, 7) is 3.61. The van der Waals surface area contributed by atoms with Gasteiger partial charge in [-0.15, -0.1) is 0 Å². The fraction of sp³-hybridized carbons (Fsp3) is 0.462. The molecule has 18 heavy (non-hydrogen) atoms. The molecule has 0 aliphatic heterocycles. The Balaban J connectivity index is 2.01. The van der Waals surface area contributed by atoms with Gasteiger partial charge < -0.3 is 10.6 Å². The molecule has 5 heteroatoms. The number of nitrogens with zero attached hydrogens (tertiary/aromatic N) is 2. The molecule has 1 unspecified atom stereocenters. The SMILES string of the molecule is Cc1cc(C#N)cc(NC(C)C(=O)NC2CC2)n1. The summed E-state index contributed by atoms with van der Waals surface area (Å²) >= 11 is 0. The second kappa shape index (κ2) is 5.05. The first-order chi connectivity index (χ1) is 8.58. The summed E-state index contributed by atoms with van der Waals surface area (Å²) in [5.74, 6) is 0.532. The number of carbonyl (C=O) groups excluding carboxylic acids is 1. The lowest BCUT2D eigenvalue weighted by molar-refractivity contribution is -0.121. The van der Waals surface area contributed by atoms with Crippen LogP contribution in [0.4, 0.5) is 5.82 Å². The summed E-state index contributed by atoms with van der Waals surface area (Å²) in [4.78, 5) is 16.0. The first-order valence-electron chi connectivity index (χ1n) is 6.04. The van der Waals surface area contributed by atoms with E-state index < -0.39 is 0 Å². The maximum Gasteiger partial charge on any atom is 0.242 e. The van der Waals surface area contributed by atoms with E-state index in [1.54, 1.807) is 19.1 Å². The number of carbonyl (C=O) groups is 1. The summed E-state index contributed by atoms with van der Waals surface area (Å²) in [6, 6.07) is 5.42. The van der Waals surface area contributed by atoms with Crippen molar-refractivity contribution < 1.29 is 4.79 Å². The molecular formula is C13H16N4O. The maximum atomic E-state index is 11.8. The van der Waals surface area contributed by atoms with E-state index in [0.717, 1.165) is 18.5 Å². The predicted molar refractivity (Wildman–Crippen MR) is 67.9 cm³/mol. The molecule has 1 heterocycles. The third-order valence-electron chi connectivity index (χ3n) is 2.76. The average molecular weight is 244 g/mol. The Labute approximate surface area is 106 Å². The highest BCUT2D eigenvalue weighted by Gasteiger charge is 2.25. The molecule has 0 aromatic carbocycles. The van der Waals surface area contributed by atoms with Gasteiger partial charge >= 0.3 is 0 Å². The van der Waals surface area contributed by atoms with Crippen molar-refractivity contribution in [3.8, 4) is 6.07 Å². The molecule has 1 aromatic rings. The van der Waals surface area contributed by atoms with Gasteiger partial charge in [0, 0.05) is 11.7 Å². The average Bonchev–Trinajstić information content (AvgIpc) is 3.11. The van der Waals surface area contributed by atoms with Crippen LogP contribution in [0.25, 0.3) is 0 Å². The third-order valence-corrected chi connectivity index (χ3v) is 2.76. The largest absolute Gasteiger partial charge is 0.359 e. The number of amides is 1. The van der Waals surface area contributed by atoms with E-state index in [1.165, 1.54) is 0 Å². The molecule has 1 amide bonds. The van der Waals surface area contributed by atoms with Crippen molar-refractivity contribution in [2.75, 3.05) is 5.32 Å². The number of pyridine rings is 1. The van der Waals surface area contributed by atoms with Crippen LogP contribution in [0, 0.1) is 18.3 Å².